The SMILES string of the molecule is COc1cc2c(cc1OC)C(C(=O)NS(=O)(=O)c1cccc3ccccc13)CCC2. The topological polar surface area (TPSA) is 81.7 Å². The summed E-state index contributed by atoms with van der Waals surface area (Å²) in [6.07, 6.45) is 2.16. The molecule has 0 aromatic heterocycles. The third-order valence-corrected chi connectivity index (χ3v) is 6.96. The Hall–Kier alpha value is -3.06. The molecule has 0 aliphatic heterocycles. The lowest BCUT2D eigenvalue weighted by atomic mass is 9.82. The van der Waals surface area contributed by atoms with Crippen molar-refractivity contribution in [3.8, 4) is 11.5 Å². The second-order valence-corrected chi connectivity index (χ2v) is 8.95. The molecular formula is C23H23NO5S. The number of aryl methyl sites for hydroxylation is 1. The number of amides is 1. The van der Waals surface area contributed by atoms with Crippen LogP contribution < -0.4 is 14.2 Å². The first kappa shape index (κ1) is 20.2. The molecule has 30 heavy (non-hydrogen) atoms. The normalized spacial score (nSPS) is 16.0. The molecule has 3 aromatic rings. The molecule has 156 valence electrons. The van der Waals surface area contributed by atoms with Gasteiger partial charge in [-0.15, -0.1) is 0 Å². The largest absolute Gasteiger partial charge is 0.493 e. The Labute approximate surface area is 175 Å². The van der Waals surface area contributed by atoms with Gasteiger partial charge < -0.3 is 9.47 Å². The van der Waals surface area contributed by atoms with Gasteiger partial charge in [0.2, 0.25) is 5.91 Å². The van der Waals surface area contributed by atoms with Crippen LogP contribution in [0.4, 0.5) is 0 Å². The third kappa shape index (κ3) is 3.61. The van der Waals surface area contributed by atoms with E-state index in [1.54, 1.807) is 31.4 Å². The molecule has 1 amide bonds. The number of ether oxygens (including phenoxy) is 2. The van der Waals surface area contributed by atoms with E-state index in [4.69, 9.17) is 9.47 Å². The highest BCUT2D eigenvalue weighted by Gasteiger charge is 2.31. The van der Waals surface area contributed by atoms with Crippen LogP contribution in [-0.4, -0.2) is 28.5 Å². The van der Waals surface area contributed by atoms with Gasteiger partial charge in [0.1, 0.15) is 0 Å². The Morgan fingerprint density at radius 1 is 1.00 bits per heavy atom. The van der Waals surface area contributed by atoms with E-state index >= 15 is 0 Å². The van der Waals surface area contributed by atoms with E-state index in [1.165, 1.54) is 13.2 Å². The molecular weight excluding hydrogens is 402 g/mol. The van der Waals surface area contributed by atoms with Gasteiger partial charge in [-0.3, -0.25) is 4.79 Å². The van der Waals surface area contributed by atoms with E-state index in [9.17, 15) is 13.2 Å². The summed E-state index contributed by atoms with van der Waals surface area (Å²) in [7, 11) is -0.924. The molecule has 1 aliphatic carbocycles. The summed E-state index contributed by atoms with van der Waals surface area (Å²) in [6.45, 7) is 0. The predicted octanol–water partition coefficient (Wildman–Crippen LogP) is 3.78. The molecule has 3 aromatic carbocycles. The molecule has 6 nitrogen and oxygen atoms in total. The number of benzene rings is 3. The molecule has 0 fully saturated rings. The molecule has 1 atom stereocenters. The van der Waals surface area contributed by atoms with Crippen molar-refractivity contribution in [2.75, 3.05) is 14.2 Å². The second-order valence-electron chi connectivity index (χ2n) is 7.30. The first-order chi connectivity index (χ1) is 14.4. The van der Waals surface area contributed by atoms with Gasteiger partial charge in [0, 0.05) is 5.39 Å². The van der Waals surface area contributed by atoms with E-state index in [-0.39, 0.29) is 4.90 Å². The first-order valence-electron chi connectivity index (χ1n) is 9.74. The minimum absolute atomic E-state index is 0.0947. The van der Waals surface area contributed by atoms with Gasteiger partial charge in [-0.1, -0.05) is 36.4 Å². The van der Waals surface area contributed by atoms with Gasteiger partial charge in [0.05, 0.1) is 25.0 Å². The molecule has 0 bridgehead atoms. The standard InChI is InChI=1S/C23H23NO5S/c1-28-20-13-16-9-5-11-18(19(16)14-21(20)29-2)23(25)24-30(26,27)22-12-6-8-15-7-3-4-10-17(15)22/h3-4,6-8,10,12-14,18H,5,9,11H2,1-2H3,(H,24,25). The summed E-state index contributed by atoms with van der Waals surface area (Å²) in [5, 5.41) is 1.38. The fourth-order valence-corrected chi connectivity index (χ4v) is 5.34. The molecule has 0 radical (unpaired) electrons. The lowest BCUT2D eigenvalue weighted by Gasteiger charge is -2.26. The van der Waals surface area contributed by atoms with Crippen molar-refractivity contribution in [1.29, 1.82) is 0 Å². The molecule has 0 saturated carbocycles. The Balaban J connectivity index is 1.68. The number of methoxy groups -OCH3 is 2. The Kier molecular flexibility index (Phi) is 5.39. The van der Waals surface area contributed by atoms with Gasteiger partial charge in [-0.25, -0.2) is 13.1 Å². The fraction of sp³-hybridized carbons (Fsp3) is 0.261. The minimum atomic E-state index is -4.02. The maximum Gasteiger partial charge on any atom is 0.264 e. The summed E-state index contributed by atoms with van der Waals surface area (Å²) in [6, 6.07) is 15.9. The van der Waals surface area contributed by atoms with Gasteiger partial charge in [0.25, 0.3) is 10.0 Å². The monoisotopic (exact) mass is 425 g/mol. The van der Waals surface area contributed by atoms with E-state index in [0.717, 1.165) is 29.4 Å². The second kappa shape index (κ2) is 7.99. The molecule has 7 heteroatoms. The summed E-state index contributed by atoms with van der Waals surface area (Å²) < 4.78 is 39.1. The maximum atomic E-state index is 13.1. The highest BCUT2D eigenvalue weighted by molar-refractivity contribution is 7.90. The maximum absolute atomic E-state index is 13.1. The Morgan fingerprint density at radius 3 is 2.47 bits per heavy atom. The first-order valence-corrected chi connectivity index (χ1v) is 11.2. The van der Waals surface area contributed by atoms with Gasteiger partial charge >= 0.3 is 0 Å². The van der Waals surface area contributed by atoms with Crippen molar-refractivity contribution in [1.82, 2.24) is 4.72 Å². The molecule has 1 N–H and O–H groups in total. The zero-order valence-corrected chi connectivity index (χ0v) is 17.7. The van der Waals surface area contributed by atoms with E-state index in [2.05, 4.69) is 4.72 Å². The summed E-state index contributed by atoms with van der Waals surface area (Å²) in [5.74, 6) is 0.0166. The van der Waals surface area contributed by atoms with Crippen molar-refractivity contribution < 1.29 is 22.7 Å². The van der Waals surface area contributed by atoms with Crippen LogP contribution in [0.25, 0.3) is 10.8 Å². The Bertz CT molecular complexity index is 1210. The van der Waals surface area contributed by atoms with Crippen LogP contribution in [0.1, 0.15) is 29.9 Å². The Morgan fingerprint density at radius 2 is 1.70 bits per heavy atom. The van der Waals surface area contributed by atoms with Crippen LogP contribution in [0.15, 0.2) is 59.5 Å². The highest BCUT2D eigenvalue weighted by Crippen LogP contribution is 2.39. The molecule has 0 saturated heterocycles. The van der Waals surface area contributed by atoms with E-state index in [1.807, 2.05) is 24.3 Å². The van der Waals surface area contributed by atoms with Gasteiger partial charge in [0.15, 0.2) is 11.5 Å². The summed E-state index contributed by atoms with van der Waals surface area (Å²) in [4.78, 5) is 13.2. The highest BCUT2D eigenvalue weighted by atomic mass is 32.2. The zero-order valence-electron chi connectivity index (χ0n) is 16.8. The number of nitrogens with one attached hydrogen (secondary N) is 1. The average Bonchev–Trinajstić information content (AvgIpc) is 2.76. The minimum Gasteiger partial charge on any atom is -0.493 e. The number of rotatable bonds is 5. The van der Waals surface area contributed by atoms with Gasteiger partial charge in [-0.05, 0) is 54.0 Å². The summed E-state index contributed by atoms with van der Waals surface area (Å²) >= 11 is 0. The number of fused-ring (bicyclic) bond motifs is 2. The fourth-order valence-electron chi connectivity index (χ4n) is 4.09. The molecule has 0 spiro atoms. The number of carbonyl (C=O) groups excluding carboxylic acids is 1. The van der Waals surface area contributed by atoms with Crippen LogP contribution in [0.5, 0.6) is 11.5 Å². The molecule has 1 aliphatic rings. The lowest BCUT2D eigenvalue weighted by Crippen LogP contribution is -2.36. The third-order valence-electron chi connectivity index (χ3n) is 5.55. The van der Waals surface area contributed by atoms with Crippen LogP contribution in [0, 0.1) is 0 Å². The molecule has 1 unspecified atom stereocenters. The smallest absolute Gasteiger partial charge is 0.264 e. The lowest BCUT2D eigenvalue weighted by molar-refractivity contribution is -0.121. The van der Waals surface area contributed by atoms with Crippen LogP contribution in [0.2, 0.25) is 0 Å². The number of hydrogen-bond acceptors (Lipinski definition) is 5. The van der Waals surface area contributed by atoms with Crippen LogP contribution in [0.3, 0.4) is 0 Å². The summed E-state index contributed by atoms with van der Waals surface area (Å²) in [5.41, 5.74) is 1.76. The zero-order chi connectivity index (χ0) is 21.3. The number of carbonyl (C=O) groups is 1. The van der Waals surface area contributed by atoms with Crippen molar-refractivity contribution in [3.63, 3.8) is 0 Å². The van der Waals surface area contributed by atoms with E-state index in [0.29, 0.717) is 23.3 Å². The van der Waals surface area contributed by atoms with Crippen molar-refractivity contribution in [2.45, 2.75) is 30.1 Å². The predicted molar refractivity (Wildman–Crippen MR) is 115 cm³/mol. The van der Waals surface area contributed by atoms with Crippen molar-refractivity contribution in [3.05, 3.63) is 65.7 Å². The van der Waals surface area contributed by atoms with Crippen molar-refractivity contribution >= 4 is 26.7 Å². The number of sulfonamides is 1. The molecule has 4 rings (SSSR count). The molecule has 0 heterocycles. The quantitative estimate of drug-likeness (QED) is 0.673. The van der Waals surface area contributed by atoms with Crippen LogP contribution >= 0.6 is 0 Å². The van der Waals surface area contributed by atoms with E-state index < -0.39 is 21.8 Å². The van der Waals surface area contributed by atoms with Crippen LogP contribution in [-0.2, 0) is 21.2 Å². The van der Waals surface area contributed by atoms with Gasteiger partial charge in [-0.2, -0.15) is 0 Å². The average molecular weight is 426 g/mol. The number of hydrogen-bond donors (Lipinski definition) is 1. The van der Waals surface area contributed by atoms with Crippen molar-refractivity contribution in [2.24, 2.45) is 0 Å².